The summed E-state index contributed by atoms with van der Waals surface area (Å²) in [5.74, 6) is -1.09. The van der Waals surface area contributed by atoms with Gasteiger partial charge in [0.25, 0.3) is 0 Å². The first-order chi connectivity index (χ1) is 9.64. The van der Waals surface area contributed by atoms with Gasteiger partial charge < -0.3 is 9.84 Å². The molecule has 0 aromatic heterocycles. The van der Waals surface area contributed by atoms with E-state index in [2.05, 4.69) is 15.9 Å². The Morgan fingerprint density at radius 3 is 2.67 bits per heavy atom. The maximum atomic E-state index is 12.4. The lowest BCUT2D eigenvalue weighted by Crippen LogP contribution is -2.63. The van der Waals surface area contributed by atoms with E-state index in [1.165, 1.54) is 16.4 Å². The van der Waals surface area contributed by atoms with Crippen LogP contribution in [0.2, 0.25) is 5.02 Å². The average Bonchev–Trinajstić information content (AvgIpc) is 2.32. The normalized spacial score (nSPS) is 18.2. The van der Waals surface area contributed by atoms with Crippen molar-refractivity contribution in [2.24, 2.45) is 0 Å². The summed E-state index contributed by atoms with van der Waals surface area (Å²) in [6.07, 6.45) is 0. The fourth-order valence-electron chi connectivity index (χ4n) is 2.02. The molecule has 0 bridgehead atoms. The number of ether oxygens (including phenoxy) is 1. The van der Waals surface area contributed by atoms with Crippen molar-refractivity contribution in [1.82, 2.24) is 4.31 Å². The number of hydrogen-bond acceptors (Lipinski definition) is 4. The number of carbonyl (C=O) groups is 1. The molecule has 0 spiro atoms. The number of nitrogens with zero attached hydrogens (tertiary/aromatic N) is 1. The maximum absolute atomic E-state index is 12.4. The van der Waals surface area contributed by atoms with Gasteiger partial charge in [-0.2, -0.15) is 4.31 Å². The standard InChI is InChI=1S/C12H13BrClNO5S/c1-12(20-5-11(16)17)6-15(7-12)21(18,19)10-3-2-8(13)4-9(10)14/h2-4H,5-7H2,1H3,(H,16,17). The number of carboxylic acid groups (broad SMARTS) is 1. The molecule has 9 heteroatoms. The van der Waals surface area contributed by atoms with Crippen LogP contribution in [0.25, 0.3) is 0 Å². The van der Waals surface area contributed by atoms with Crippen LogP contribution < -0.4 is 0 Å². The van der Waals surface area contributed by atoms with E-state index in [0.29, 0.717) is 4.47 Å². The Balaban J connectivity index is 2.11. The third-order valence-electron chi connectivity index (χ3n) is 3.08. The highest BCUT2D eigenvalue weighted by atomic mass is 79.9. The smallest absolute Gasteiger partial charge is 0.329 e. The number of aliphatic carboxylic acids is 1. The van der Waals surface area contributed by atoms with Crippen LogP contribution in [0.1, 0.15) is 6.92 Å². The minimum Gasteiger partial charge on any atom is -0.480 e. The first-order valence-electron chi connectivity index (χ1n) is 5.95. The van der Waals surface area contributed by atoms with E-state index in [1.54, 1.807) is 13.0 Å². The molecule has 0 radical (unpaired) electrons. The van der Waals surface area contributed by atoms with Gasteiger partial charge in [-0.05, 0) is 25.1 Å². The van der Waals surface area contributed by atoms with Crippen LogP contribution in [0.3, 0.4) is 0 Å². The monoisotopic (exact) mass is 397 g/mol. The third kappa shape index (κ3) is 3.57. The van der Waals surface area contributed by atoms with Gasteiger partial charge in [0.1, 0.15) is 11.5 Å². The molecule has 1 aromatic rings. The Kier molecular flexibility index (Phi) is 4.65. The van der Waals surface area contributed by atoms with Crippen LogP contribution in [0.15, 0.2) is 27.6 Å². The number of rotatable bonds is 5. The number of carboxylic acids is 1. The van der Waals surface area contributed by atoms with Crippen molar-refractivity contribution in [2.75, 3.05) is 19.7 Å². The average molecular weight is 399 g/mol. The van der Waals surface area contributed by atoms with Gasteiger partial charge in [0, 0.05) is 17.6 Å². The predicted molar refractivity (Wildman–Crippen MR) is 79.9 cm³/mol. The van der Waals surface area contributed by atoms with E-state index in [4.69, 9.17) is 21.4 Å². The Bertz CT molecular complexity index is 672. The first-order valence-corrected chi connectivity index (χ1v) is 8.56. The topological polar surface area (TPSA) is 83.9 Å². The molecule has 0 amide bonds. The van der Waals surface area contributed by atoms with Gasteiger partial charge in [0.05, 0.1) is 10.6 Å². The molecule has 1 aliphatic rings. The van der Waals surface area contributed by atoms with Gasteiger partial charge >= 0.3 is 5.97 Å². The number of hydrogen-bond donors (Lipinski definition) is 1. The second kappa shape index (κ2) is 5.85. The largest absolute Gasteiger partial charge is 0.480 e. The molecular formula is C12H13BrClNO5S. The summed E-state index contributed by atoms with van der Waals surface area (Å²) in [4.78, 5) is 10.5. The number of benzene rings is 1. The van der Waals surface area contributed by atoms with Crippen molar-refractivity contribution in [3.05, 3.63) is 27.7 Å². The fraction of sp³-hybridized carbons (Fsp3) is 0.417. The van der Waals surface area contributed by atoms with Gasteiger partial charge in [-0.15, -0.1) is 0 Å². The van der Waals surface area contributed by atoms with E-state index < -0.39 is 28.2 Å². The Morgan fingerprint density at radius 2 is 2.14 bits per heavy atom. The highest BCUT2D eigenvalue weighted by Crippen LogP contribution is 2.34. The second-order valence-electron chi connectivity index (χ2n) is 4.98. The quantitative estimate of drug-likeness (QED) is 0.820. The zero-order valence-electron chi connectivity index (χ0n) is 11.0. The van der Waals surface area contributed by atoms with Crippen molar-refractivity contribution >= 4 is 43.5 Å². The number of halogens is 2. The summed E-state index contributed by atoms with van der Waals surface area (Å²) in [6, 6.07) is 4.53. The van der Waals surface area contributed by atoms with Gasteiger partial charge in [-0.3, -0.25) is 0 Å². The Morgan fingerprint density at radius 1 is 1.52 bits per heavy atom. The van der Waals surface area contributed by atoms with E-state index in [0.717, 1.165) is 0 Å². The van der Waals surface area contributed by atoms with E-state index in [9.17, 15) is 13.2 Å². The number of sulfonamides is 1. The summed E-state index contributed by atoms with van der Waals surface area (Å²) in [6.45, 7) is 1.40. The summed E-state index contributed by atoms with van der Waals surface area (Å²) >= 11 is 9.18. The highest BCUT2D eigenvalue weighted by molar-refractivity contribution is 9.10. The van der Waals surface area contributed by atoms with Gasteiger partial charge in [-0.1, -0.05) is 27.5 Å². The van der Waals surface area contributed by atoms with Gasteiger partial charge in [0.2, 0.25) is 10.0 Å². The lowest BCUT2D eigenvalue weighted by molar-refractivity contribution is -0.157. The molecule has 1 N–H and O–H groups in total. The van der Waals surface area contributed by atoms with Crippen LogP contribution in [-0.4, -0.2) is 49.1 Å². The Hall–Kier alpha value is -0.670. The Labute approximate surface area is 135 Å². The zero-order valence-corrected chi connectivity index (χ0v) is 14.2. The highest BCUT2D eigenvalue weighted by Gasteiger charge is 2.47. The van der Waals surface area contributed by atoms with Gasteiger partial charge in [0.15, 0.2) is 0 Å². The summed E-state index contributed by atoms with van der Waals surface area (Å²) in [5.41, 5.74) is -0.784. The van der Waals surface area contributed by atoms with Crippen LogP contribution in [-0.2, 0) is 19.6 Å². The second-order valence-corrected chi connectivity index (χ2v) is 8.21. The fourth-order valence-corrected chi connectivity index (χ4v) is 4.70. The van der Waals surface area contributed by atoms with Crippen molar-refractivity contribution in [3.63, 3.8) is 0 Å². The SMILES string of the molecule is CC1(OCC(=O)O)CN(S(=O)(=O)c2ccc(Br)cc2Cl)C1. The molecule has 1 heterocycles. The predicted octanol–water partition coefficient (Wildman–Crippen LogP) is 1.97. The lowest BCUT2D eigenvalue weighted by atomic mass is 10.0. The molecule has 1 aliphatic heterocycles. The van der Waals surface area contributed by atoms with E-state index in [-0.39, 0.29) is 23.0 Å². The molecular weight excluding hydrogens is 386 g/mol. The van der Waals surface area contributed by atoms with Gasteiger partial charge in [-0.25, -0.2) is 13.2 Å². The van der Waals surface area contributed by atoms with Crippen LogP contribution >= 0.6 is 27.5 Å². The van der Waals surface area contributed by atoms with Crippen LogP contribution in [0.4, 0.5) is 0 Å². The van der Waals surface area contributed by atoms with E-state index >= 15 is 0 Å². The molecule has 1 fully saturated rings. The molecule has 1 saturated heterocycles. The summed E-state index contributed by atoms with van der Waals surface area (Å²) in [5, 5.41) is 8.71. The van der Waals surface area contributed by atoms with Crippen molar-refractivity contribution < 1.29 is 23.1 Å². The maximum Gasteiger partial charge on any atom is 0.329 e. The zero-order chi connectivity index (χ0) is 15.8. The molecule has 2 rings (SSSR count). The summed E-state index contributed by atoms with van der Waals surface area (Å²) in [7, 11) is -3.71. The lowest BCUT2D eigenvalue weighted by Gasteiger charge is -2.46. The van der Waals surface area contributed by atoms with Crippen molar-refractivity contribution in [1.29, 1.82) is 0 Å². The van der Waals surface area contributed by atoms with Crippen molar-refractivity contribution in [3.8, 4) is 0 Å². The minimum absolute atomic E-state index is 0.0210. The van der Waals surface area contributed by atoms with Crippen LogP contribution in [0.5, 0.6) is 0 Å². The molecule has 6 nitrogen and oxygen atoms in total. The molecule has 0 atom stereocenters. The first kappa shape index (κ1) is 16.7. The molecule has 0 aliphatic carbocycles. The van der Waals surface area contributed by atoms with Crippen molar-refractivity contribution in [2.45, 2.75) is 17.4 Å². The van der Waals surface area contributed by atoms with Crippen LogP contribution in [0, 0.1) is 0 Å². The molecule has 0 saturated carbocycles. The molecule has 0 unspecified atom stereocenters. The molecule has 1 aromatic carbocycles. The molecule has 116 valence electrons. The minimum atomic E-state index is -3.71. The summed E-state index contributed by atoms with van der Waals surface area (Å²) < 4.78 is 31.9. The third-order valence-corrected chi connectivity index (χ3v) is 5.85. The molecule has 21 heavy (non-hydrogen) atoms. The van der Waals surface area contributed by atoms with E-state index in [1.807, 2.05) is 0 Å².